The lowest BCUT2D eigenvalue weighted by Gasteiger charge is -2.08. The molecule has 0 radical (unpaired) electrons. The minimum absolute atomic E-state index is 0.102. The van der Waals surface area contributed by atoms with E-state index in [4.69, 9.17) is 0 Å². The lowest BCUT2D eigenvalue weighted by Crippen LogP contribution is -2.11. The Morgan fingerprint density at radius 2 is 1.67 bits per heavy atom. The maximum Gasteiger partial charge on any atom is 0.417 e. The molecule has 0 spiro atoms. The van der Waals surface area contributed by atoms with Crippen molar-refractivity contribution in [3.8, 4) is 5.88 Å². The number of nitrogens with zero attached hydrogens (tertiary/aromatic N) is 1. The fourth-order valence-corrected chi connectivity index (χ4v) is 2.35. The molecule has 112 valence electrons. The van der Waals surface area contributed by atoms with Crippen LogP contribution in [-0.4, -0.2) is 13.4 Å². The zero-order chi connectivity index (χ0) is 15.7. The Labute approximate surface area is 119 Å². The van der Waals surface area contributed by atoms with E-state index in [1.54, 1.807) is 19.1 Å². The molecule has 2 aromatic rings. The van der Waals surface area contributed by atoms with E-state index in [0.29, 0.717) is 12.3 Å². The molecule has 0 unspecified atom stereocenters. The van der Waals surface area contributed by atoms with Crippen LogP contribution in [0, 0.1) is 6.92 Å². The summed E-state index contributed by atoms with van der Waals surface area (Å²) in [5.41, 5.74) is -0.121. The second-order valence-corrected chi connectivity index (χ2v) is 5.78. The Balaban J connectivity index is 2.23. The van der Waals surface area contributed by atoms with Crippen LogP contribution in [-0.2, 0) is 16.3 Å². The average molecular weight is 317 g/mol. The first-order chi connectivity index (χ1) is 9.68. The Bertz CT molecular complexity index is 723. The number of alkyl halides is 3. The number of hydrogen-bond acceptors (Lipinski definition) is 4. The fourth-order valence-electron chi connectivity index (χ4n) is 1.46. The second-order valence-electron chi connectivity index (χ2n) is 4.23. The maximum atomic E-state index is 12.4. The Morgan fingerprint density at radius 1 is 1.05 bits per heavy atom. The van der Waals surface area contributed by atoms with E-state index < -0.39 is 27.7 Å². The number of pyridine rings is 1. The molecule has 21 heavy (non-hydrogen) atoms. The Hall–Kier alpha value is -2.09. The highest BCUT2D eigenvalue weighted by Gasteiger charge is 2.31. The lowest BCUT2D eigenvalue weighted by molar-refractivity contribution is -0.137. The molecule has 0 aliphatic heterocycles. The van der Waals surface area contributed by atoms with Gasteiger partial charge in [-0.25, -0.2) is 4.98 Å². The molecule has 0 amide bonds. The Morgan fingerprint density at radius 3 is 2.14 bits per heavy atom. The average Bonchev–Trinajstić information content (AvgIpc) is 2.38. The van der Waals surface area contributed by atoms with E-state index >= 15 is 0 Å². The van der Waals surface area contributed by atoms with Gasteiger partial charge >= 0.3 is 16.3 Å². The minimum atomic E-state index is -4.54. The highest BCUT2D eigenvalue weighted by Crippen LogP contribution is 2.29. The third-order valence-electron chi connectivity index (χ3n) is 2.57. The molecule has 0 fully saturated rings. The van der Waals surface area contributed by atoms with Gasteiger partial charge in [0.1, 0.15) is 4.90 Å². The first-order valence-corrected chi connectivity index (χ1v) is 7.14. The third kappa shape index (κ3) is 3.72. The zero-order valence-corrected chi connectivity index (χ0v) is 11.6. The van der Waals surface area contributed by atoms with Gasteiger partial charge in [-0.05, 0) is 25.1 Å². The highest BCUT2D eigenvalue weighted by molar-refractivity contribution is 7.87. The summed E-state index contributed by atoms with van der Waals surface area (Å²) in [5, 5.41) is 0. The molecule has 0 bridgehead atoms. The molecule has 1 aromatic heterocycles. The molecule has 1 aromatic carbocycles. The number of rotatable bonds is 3. The van der Waals surface area contributed by atoms with Gasteiger partial charge in [-0.2, -0.15) is 21.6 Å². The third-order valence-corrected chi connectivity index (χ3v) is 3.81. The molecule has 1 heterocycles. The number of aromatic nitrogens is 1. The van der Waals surface area contributed by atoms with E-state index in [2.05, 4.69) is 9.17 Å². The summed E-state index contributed by atoms with van der Waals surface area (Å²) < 4.78 is 65.6. The molecule has 0 aliphatic rings. The Kier molecular flexibility index (Phi) is 3.91. The van der Waals surface area contributed by atoms with Crippen molar-refractivity contribution in [1.82, 2.24) is 4.98 Å². The summed E-state index contributed by atoms with van der Waals surface area (Å²) in [6.45, 7) is 1.79. The minimum Gasteiger partial charge on any atom is -0.358 e. The van der Waals surface area contributed by atoms with E-state index in [1.807, 2.05) is 0 Å². The van der Waals surface area contributed by atoms with E-state index in [-0.39, 0.29) is 4.90 Å². The monoisotopic (exact) mass is 317 g/mol. The largest absolute Gasteiger partial charge is 0.417 e. The summed E-state index contributed by atoms with van der Waals surface area (Å²) in [7, 11) is -4.12. The van der Waals surface area contributed by atoms with Crippen LogP contribution in [0.1, 0.15) is 11.1 Å². The maximum absolute atomic E-state index is 12.4. The normalized spacial score (nSPS) is 12.2. The van der Waals surface area contributed by atoms with Crippen LogP contribution in [0.3, 0.4) is 0 Å². The standard InChI is InChI=1S/C13H10F3NO3S/c1-9-2-5-11(6-3-9)21(18,19)20-12-7-4-10(8-17-12)13(14,15)16/h2-8H,1H3. The van der Waals surface area contributed by atoms with Gasteiger partial charge in [0.05, 0.1) is 5.56 Å². The van der Waals surface area contributed by atoms with E-state index in [1.165, 1.54) is 12.1 Å². The summed E-state index contributed by atoms with van der Waals surface area (Å²) in [5.74, 6) is -0.427. The number of hydrogen-bond donors (Lipinski definition) is 0. The van der Waals surface area contributed by atoms with Crippen molar-refractivity contribution >= 4 is 10.1 Å². The van der Waals surface area contributed by atoms with Crippen LogP contribution in [0.25, 0.3) is 0 Å². The van der Waals surface area contributed by atoms with Crippen molar-refractivity contribution in [2.45, 2.75) is 18.0 Å². The molecule has 0 atom stereocenters. The molecule has 0 N–H and O–H groups in total. The van der Waals surface area contributed by atoms with Crippen molar-refractivity contribution in [3.63, 3.8) is 0 Å². The highest BCUT2D eigenvalue weighted by atomic mass is 32.2. The summed E-state index contributed by atoms with van der Waals surface area (Å²) >= 11 is 0. The topological polar surface area (TPSA) is 56.3 Å². The van der Waals surface area contributed by atoms with Crippen LogP contribution in [0.4, 0.5) is 13.2 Å². The van der Waals surface area contributed by atoms with Crippen LogP contribution in [0.5, 0.6) is 5.88 Å². The van der Waals surface area contributed by atoms with Gasteiger partial charge in [-0.1, -0.05) is 17.7 Å². The predicted octanol–water partition coefficient (Wildman–Crippen LogP) is 3.18. The first-order valence-electron chi connectivity index (χ1n) is 5.73. The van der Waals surface area contributed by atoms with Crippen LogP contribution in [0.2, 0.25) is 0 Å². The molecule has 4 nitrogen and oxygen atoms in total. The second kappa shape index (κ2) is 5.36. The fraction of sp³-hybridized carbons (Fsp3) is 0.154. The summed E-state index contributed by atoms with van der Waals surface area (Å²) in [4.78, 5) is 3.25. The number of halogens is 3. The molecule has 0 aliphatic carbocycles. The van der Waals surface area contributed by atoms with Gasteiger partial charge in [0.25, 0.3) is 0 Å². The van der Waals surface area contributed by atoms with E-state index in [9.17, 15) is 21.6 Å². The van der Waals surface area contributed by atoms with Gasteiger partial charge in [-0.15, -0.1) is 0 Å². The first kappa shape index (κ1) is 15.3. The van der Waals surface area contributed by atoms with Gasteiger partial charge in [-0.3, -0.25) is 0 Å². The molecule has 0 saturated carbocycles. The summed E-state index contributed by atoms with van der Waals surface area (Å²) in [6.07, 6.45) is -4.03. The number of aryl methyl sites for hydroxylation is 1. The molecular formula is C13H10F3NO3S. The van der Waals surface area contributed by atoms with Crippen molar-refractivity contribution < 1.29 is 25.8 Å². The predicted molar refractivity (Wildman–Crippen MR) is 68.2 cm³/mol. The van der Waals surface area contributed by atoms with Gasteiger partial charge in [0.15, 0.2) is 0 Å². The molecule has 2 rings (SSSR count). The quantitative estimate of drug-likeness (QED) is 0.816. The molecule has 8 heteroatoms. The summed E-state index contributed by atoms with van der Waals surface area (Å²) in [6, 6.07) is 7.40. The van der Waals surface area contributed by atoms with E-state index in [0.717, 1.165) is 11.6 Å². The molecule has 0 saturated heterocycles. The van der Waals surface area contributed by atoms with Crippen molar-refractivity contribution in [2.75, 3.05) is 0 Å². The zero-order valence-electron chi connectivity index (χ0n) is 10.8. The van der Waals surface area contributed by atoms with Crippen molar-refractivity contribution in [3.05, 3.63) is 53.7 Å². The number of benzene rings is 1. The molecular weight excluding hydrogens is 307 g/mol. The van der Waals surface area contributed by atoms with Crippen LogP contribution < -0.4 is 4.18 Å². The van der Waals surface area contributed by atoms with Gasteiger partial charge in [0, 0.05) is 12.3 Å². The van der Waals surface area contributed by atoms with Gasteiger partial charge < -0.3 is 4.18 Å². The smallest absolute Gasteiger partial charge is 0.358 e. The van der Waals surface area contributed by atoms with Crippen LogP contribution in [0.15, 0.2) is 47.5 Å². The van der Waals surface area contributed by atoms with Gasteiger partial charge in [0.2, 0.25) is 5.88 Å². The van der Waals surface area contributed by atoms with Crippen molar-refractivity contribution in [1.29, 1.82) is 0 Å². The lowest BCUT2D eigenvalue weighted by atomic mass is 10.2. The van der Waals surface area contributed by atoms with Crippen molar-refractivity contribution in [2.24, 2.45) is 0 Å². The SMILES string of the molecule is Cc1ccc(S(=O)(=O)Oc2ccc(C(F)(F)F)cn2)cc1. The van der Waals surface area contributed by atoms with Crippen LogP contribution >= 0.6 is 0 Å².